The summed E-state index contributed by atoms with van der Waals surface area (Å²) in [5.74, 6) is 0.435. The van der Waals surface area contributed by atoms with Crippen molar-refractivity contribution in [1.82, 2.24) is 0 Å². The van der Waals surface area contributed by atoms with Gasteiger partial charge in [-0.3, -0.25) is 4.79 Å². The first kappa shape index (κ1) is 14.8. The van der Waals surface area contributed by atoms with Crippen LogP contribution in [0.4, 0.5) is 0 Å². The summed E-state index contributed by atoms with van der Waals surface area (Å²) in [6, 6.07) is 5.15. The highest BCUT2D eigenvalue weighted by atomic mass is 35.5. The molecule has 2 rings (SSSR count). The third-order valence-corrected chi connectivity index (χ3v) is 4.78. The molecule has 104 valence electrons. The lowest BCUT2D eigenvalue weighted by atomic mass is 9.75. The zero-order valence-electron chi connectivity index (χ0n) is 11.2. The fourth-order valence-electron chi connectivity index (χ4n) is 2.91. The molecule has 1 aliphatic carbocycles. The van der Waals surface area contributed by atoms with E-state index in [2.05, 4.69) is 6.92 Å². The summed E-state index contributed by atoms with van der Waals surface area (Å²) < 4.78 is 5.61. The number of Topliss-reactive ketones (excluding diaryl/α,β-unsaturated/α-hetero) is 1. The Morgan fingerprint density at radius 1 is 1.42 bits per heavy atom. The molecule has 0 bridgehead atoms. The van der Waals surface area contributed by atoms with Gasteiger partial charge in [-0.25, -0.2) is 0 Å². The first-order valence-corrected chi connectivity index (χ1v) is 7.30. The summed E-state index contributed by atoms with van der Waals surface area (Å²) in [6.07, 6.45) is 3.63. The number of hydrogen-bond acceptors (Lipinski definition) is 2. The van der Waals surface area contributed by atoms with Gasteiger partial charge in [-0.05, 0) is 37.3 Å². The van der Waals surface area contributed by atoms with E-state index in [4.69, 9.17) is 27.9 Å². The van der Waals surface area contributed by atoms with E-state index >= 15 is 0 Å². The molecule has 0 aliphatic heterocycles. The van der Waals surface area contributed by atoms with E-state index in [-0.39, 0.29) is 5.78 Å². The number of carbonyl (C=O) groups is 1. The van der Waals surface area contributed by atoms with Crippen LogP contribution >= 0.6 is 23.2 Å². The molecule has 2 atom stereocenters. The van der Waals surface area contributed by atoms with E-state index in [1.54, 1.807) is 25.3 Å². The number of benzene rings is 1. The Labute approximate surface area is 124 Å². The molecule has 0 spiro atoms. The normalized spacial score (nSPS) is 27.3. The lowest BCUT2D eigenvalue weighted by molar-refractivity contribution is -0.0302. The van der Waals surface area contributed by atoms with Crippen molar-refractivity contribution < 1.29 is 9.53 Å². The second kappa shape index (κ2) is 5.82. The lowest BCUT2D eigenvalue weighted by Crippen LogP contribution is -2.44. The number of ether oxygens (including phenoxy) is 1. The summed E-state index contributed by atoms with van der Waals surface area (Å²) in [6.45, 7) is 2.15. The molecule has 0 amide bonds. The highest BCUT2D eigenvalue weighted by molar-refractivity contribution is 6.44. The number of carbonyl (C=O) groups excluding carboxylic acids is 1. The number of rotatable bonds is 3. The maximum Gasteiger partial charge on any atom is 0.196 e. The molecule has 1 fully saturated rings. The molecule has 0 aromatic heterocycles. The van der Waals surface area contributed by atoms with E-state index in [9.17, 15) is 4.79 Å². The molecule has 1 saturated carbocycles. The first-order chi connectivity index (χ1) is 9.00. The van der Waals surface area contributed by atoms with Gasteiger partial charge in [0.2, 0.25) is 0 Å². The minimum atomic E-state index is -0.744. The fourth-order valence-corrected chi connectivity index (χ4v) is 3.30. The van der Waals surface area contributed by atoms with Gasteiger partial charge in [0.1, 0.15) is 5.60 Å². The molecule has 2 unspecified atom stereocenters. The molecule has 0 N–H and O–H groups in total. The van der Waals surface area contributed by atoms with Gasteiger partial charge in [-0.15, -0.1) is 0 Å². The highest BCUT2D eigenvalue weighted by Gasteiger charge is 2.42. The molecule has 0 radical (unpaired) electrons. The Kier molecular flexibility index (Phi) is 4.54. The van der Waals surface area contributed by atoms with Crippen LogP contribution in [0.5, 0.6) is 0 Å². The Balaban J connectivity index is 2.38. The predicted octanol–water partition coefficient (Wildman–Crippen LogP) is 4.77. The molecule has 0 saturated heterocycles. The van der Waals surface area contributed by atoms with Crippen LogP contribution in [0.25, 0.3) is 0 Å². The second-order valence-electron chi connectivity index (χ2n) is 5.33. The maximum atomic E-state index is 12.8. The molecule has 0 heterocycles. The van der Waals surface area contributed by atoms with Gasteiger partial charge in [0.25, 0.3) is 0 Å². The zero-order valence-corrected chi connectivity index (χ0v) is 12.7. The Morgan fingerprint density at radius 3 is 2.79 bits per heavy atom. The summed E-state index contributed by atoms with van der Waals surface area (Å²) in [5.41, 5.74) is -0.281. The molecule has 1 aliphatic rings. The lowest BCUT2D eigenvalue weighted by Gasteiger charge is -2.37. The number of hydrogen-bond donors (Lipinski definition) is 0. The molecule has 2 nitrogen and oxygen atoms in total. The van der Waals surface area contributed by atoms with Crippen LogP contribution < -0.4 is 0 Å². The Bertz CT molecular complexity index is 487. The Hall–Kier alpha value is -0.570. The molecular weight excluding hydrogens is 283 g/mol. The smallest absolute Gasteiger partial charge is 0.196 e. The molecule has 19 heavy (non-hydrogen) atoms. The van der Waals surface area contributed by atoms with Gasteiger partial charge in [-0.1, -0.05) is 42.6 Å². The summed E-state index contributed by atoms with van der Waals surface area (Å²) in [5, 5.41) is 0.728. The number of methoxy groups -OCH3 is 1. The quantitative estimate of drug-likeness (QED) is 0.752. The SMILES string of the molecule is COC1(C(=O)c2cccc(Cl)c2Cl)CCCC(C)C1. The topological polar surface area (TPSA) is 26.3 Å². The second-order valence-corrected chi connectivity index (χ2v) is 6.12. The van der Waals surface area contributed by atoms with E-state index in [1.165, 1.54) is 0 Å². The minimum Gasteiger partial charge on any atom is -0.370 e. The van der Waals surface area contributed by atoms with Gasteiger partial charge < -0.3 is 4.74 Å². The minimum absolute atomic E-state index is 0.0472. The van der Waals surface area contributed by atoms with Crippen LogP contribution in [0.15, 0.2) is 18.2 Å². The van der Waals surface area contributed by atoms with E-state index in [1.807, 2.05) is 0 Å². The third kappa shape index (κ3) is 2.81. The highest BCUT2D eigenvalue weighted by Crippen LogP contribution is 2.39. The van der Waals surface area contributed by atoms with Crippen molar-refractivity contribution in [3.63, 3.8) is 0 Å². The van der Waals surface area contributed by atoms with Crippen LogP contribution in [-0.4, -0.2) is 18.5 Å². The molecule has 1 aromatic rings. The van der Waals surface area contributed by atoms with Crippen molar-refractivity contribution in [3.05, 3.63) is 33.8 Å². The van der Waals surface area contributed by atoms with Crippen molar-refractivity contribution in [2.24, 2.45) is 5.92 Å². The van der Waals surface area contributed by atoms with Crippen molar-refractivity contribution >= 4 is 29.0 Å². The van der Waals surface area contributed by atoms with Crippen LogP contribution in [0.1, 0.15) is 43.0 Å². The van der Waals surface area contributed by atoms with Gasteiger partial charge >= 0.3 is 0 Å². The van der Waals surface area contributed by atoms with Gasteiger partial charge in [0.15, 0.2) is 5.78 Å². The van der Waals surface area contributed by atoms with Gasteiger partial charge in [0, 0.05) is 12.7 Å². The monoisotopic (exact) mass is 300 g/mol. The average molecular weight is 301 g/mol. The molecular formula is C15H18Cl2O2. The van der Waals surface area contributed by atoms with Gasteiger partial charge in [-0.2, -0.15) is 0 Å². The van der Waals surface area contributed by atoms with Gasteiger partial charge in [0.05, 0.1) is 10.0 Å². The maximum absolute atomic E-state index is 12.8. The van der Waals surface area contributed by atoms with Crippen LogP contribution in [-0.2, 0) is 4.74 Å². The first-order valence-electron chi connectivity index (χ1n) is 6.54. The van der Waals surface area contributed by atoms with Crippen LogP contribution in [0, 0.1) is 5.92 Å². The number of ketones is 1. The van der Waals surface area contributed by atoms with E-state index in [0.29, 0.717) is 21.5 Å². The largest absolute Gasteiger partial charge is 0.370 e. The summed E-state index contributed by atoms with van der Waals surface area (Å²) in [4.78, 5) is 12.8. The fraction of sp³-hybridized carbons (Fsp3) is 0.533. The van der Waals surface area contributed by atoms with Crippen molar-refractivity contribution in [2.45, 2.75) is 38.2 Å². The van der Waals surface area contributed by atoms with E-state index < -0.39 is 5.60 Å². The van der Waals surface area contributed by atoms with Crippen LogP contribution in [0.3, 0.4) is 0 Å². The summed E-state index contributed by atoms with van der Waals surface area (Å²) in [7, 11) is 1.61. The molecule has 4 heteroatoms. The summed E-state index contributed by atoms with van der Waals surface area (Å²) >= 11 is 12.1. The van der Waals surface area contributed by atoms with Crippen molar-refractivity contribution in [3.8, 4) is 0 Å². The standard InChI is InChI=1S/C15H18Cl2O2/c1-10-5-4-8-15(9-10,19-2)14(18)11-6-3-7-12(16)13(11)17/h3,6-7,10H,4-5,8-9H2,1-2H3. The van der Waals surface area contributed by atoms with Crippen molar-refractivity contribution in [1.29, 1.82) is 0 Å². The van der Waals surface area contributed by atoms with Crippen LogP contribution in [0.2, 0.25) is 10.0 Å². The Morgan fingerprint density at radius 2 is 2.16 bits per heavy atom. The number of halogens is 2. The third-order valence-electron chi connectivity index (χ3n) is 3.96. The zero-order chi connectivity index (χ0) is 14.0. The average Bonchev–Trinajstić information content (AvgIpc) is 2.41. The predicted molar refractivity (Wildman–Crippen MR) is 78.2 cm³/mol. The van der Waals surface area contributed by atoms with Crippen molar-refractivity contribution in [2.75, 3.05) is 7.11 Å². The van der Waals surface area contributed by atoms with E-state index in [0.717, 1.165) is 25.7 Å². The molecule has 1 aromatic carbocycles.